The van der Waals surface area contributed by atoms with Crippen LogP contribution in [0.25, 0.3) is 0 Å². The van der Waals surface area contributed by atoms with Crippen molar-refractivity contribution in [3.05, 3.63) is 22.8 Å². The molecule has 1 aliphatic rings. The lowest BCUT2D eigenvalue weighted by Gasteiger charge is -2.10. The maximum atomic E-state index is 4.43. The number of nitrogens with zero attached hydrogens (tertiary/aromatic N) is 1. The minimum Gasteiger partial charge on any atom is -0.289 e. The first-order valence-electron chi connectivity index (χ1n) is 5.63. The van der Waals surface area contributed by atoms with Gasteiger partial charge in [0.05, 0.1) is 6.54 Å². The van der Waals surface area contributed by atoms with Gasteiger partial charge in [-0.25, -0.2) is 0 Å². The van der Waals surface area contributed by atoms with E-state index in [1.807, 2.05) is 6.21 Å². The molecule has 1 heterocycles. The Morgan fingerprint density at radius 1 is 1.14 bits per heavy atom. The van der Waals surface area contributed by atoms with E-state index in [1.54, 1.807) is 11.1 Å². The van der Waals surface area contributed by atoms with Crippen molar-refractivity contribution in [3.8, 4) is 0 Å². The molecule has 0 saturated carbocycles. The Kier molecular flexibility index (Phi) is 4.64. The molecule has 0 aliphatic carbocycles. The summed E-state index contributed by atoms with van der Waals surface area (Å²) in [6.07, 6.45) is 8.87. The van der Waals surface area contributed by atoms with E-state index < -0.39 is 0 Å². The summed E-state index contributed by atoms with van der Waals surface area (Å²) in [6, 6.07) is 0. The van der Waals surface area contributed by atoms with Gasteiger partial charge >= 0.3 is 0 Å². The molecule has 0 saturated heterocycles. The van der Waals surface area contributed by atoms with Crippen molar-refractivity contribution in [2.75, 3.05) is 6.54 Å². The summed E-state index contributed by atoms with van der Waals surface area (Å²) >= 11 is 0. The van der Waals surface area contributed by atoms with Gasteiger partial charge in [-0.15, -0.1) is 0 Å². The predicted molar refractivity (Wildman–Crippen MR) is 64.0 cm³/mol. The topological polar surface area (TPSA) is 12.4 Å². The molecule has 0 fully saturated rings. The van der Waals surface area contributed by atoms with Gasteiger partial charge in [0.2, 0.25) is 0 Å². The molecule has 0 spiro atoms. The first kappa shape index (κ1) is 11.2. The number of hydrogen-bond acceptors (Lipinski definition) is 1. The minimum atomic E-state index is 0.906. The average molecular weight is 191 g/mol. The summed E-state index contributed by atoms with van der Waals surface area (Å²) < 4.78 is 0. The molecular formula is C13H21N. The van der Waals surface area contributed by atoms with Crippen LogP contribution in [0.1, 0.15) is 46.5 Å². The van der Waals surface area contributed by atoms with Crippen molar-refractivity contribution in [2.24, 2.45) is 4.99 Å². The van der Waals surface area contributed by atoms with Gasteiger partial charge in [0.25, 0.3) is 0 Å². The largest absolute Gasteiger partial charge is 0.289 e. The quantitative estimate of drug-likeness (QED) is 0.587. The number of aliphatic imine (C=N–C) groups is 1. The second-order valence-electron chi connectivity index (χ2n) is 3.92. The van der Waals surface area contributed by atoms with E-state index in [0.717, 1.165) is 13.0 Å². The van der Waals surface area contributed by atoms with Gasteiger partial charge in [0.15, 0.2) is 0 Å². The van der Waals surface area contributed by atoms with Crippen LogP contribution in [-0.4, -0.2) is 12.8 Å². The third kappa shape index (κ3) is 3.13. The molecule has 0 N–H and O–H groups in total. The van der Waals surface area contributed by atoms with Gasteiger partial charge in [-0.05, 0) is 44.3 Å². The van der Waals surface area contributed by atoms with Gasteiger partial charge in [0, 0.05) is 6.21 Å². The van der Waals surface area contributed by atoms with Crippen molar-refractivity contribution in [1.29, 1.82) is 0 Å². The Morgan fingerprint density at radius 2 is 1.86 bits per heavy atom. The van der Waals surface area contributed by atoms with Crippen LogP contribution in [0.4, 0.5) is 0 Å². The van der Waals surface area contributed by atoms with Crippen molar-refractivity contribution < 1.29 is 0 Å². The summed E-state index contributed by atoms with van der Waals surface area (Å²) in [6.45, 7) is 7.59. The first-order valence-corrected chi connectivity index (χ1v) is 5.63. The third-order valence-corrected chi connectivity index (χ3v) is 2.92. The van der Waals surface area contributed by atoms with E-state index in [-0.39, 0.29) is 0 Å². The highest BCUT2D eigenvalue weighted by Crippen LogP contribution is 2.21. The molecule has 1 aliphatic heterocycles. The highest BCUT2D eigenvalue weighted by Gasteiger charge is 2.04. The molecule has 1 heteroatoms. The van der Waals surface area contributed by atoms with Gasteiger partial charge < -0.3 is 0 Å². The van der Waals surface area contributed by atoms with Crippen LogP contribution >= 0.6 is 0 Å². The standard InChI is InChI=1S/C13H21N/c1-4-12-7-6-11(3)8-9-14-10-13(12)5-2/h8-9H,4-7,10H2,1-3H3/b11-8-,13-12-,14-9?. The van der Waals surface area contributed by atoms with Crippen LogP contribution < -0.4 is 0 Å². The molecule has 1 nitrogen and oxygen atoms in total. The highest BCUT2D eigenvalue weighted by molar-refractivity contribution is 5.72. The zero-order chi connectivity index (χ0) is 10.4. The molecule has 0 unspecified atom stereocenters. The fourth-order valence-corrected chi connectivity index (χ4v) is 1.85. The molecule has 0 atom stereocenters. The van der Waals surface area contributed by atoms with Crippen molar-refractivity contribution in [3.63, 3.8) is 0 Å². The maximum absolute atomic E-state index is 4.43. The van der Waals surface area contributed by atoms with Crippen LogP contribution in [0.2, 0.25) is 0 Å². The van der Waals surface area contributed by atoms with Crippen molar-refractivity contribution in [2.45, 2.75) is 46.5 Å². The molecule has 0 aromatic carbocycles. The van der Waals surface area contributed by atoms with E-state index in [1.165, 1.54) is 24.8 Å². The smallest absolute Gasteiger partial charge is 0.0602 e. The second-order valence-corrected chi connectivity index (χ2v) is 3.92. The summed E-state index contributed by atoms with van der Waals surface area (Å²) in [5.74, 6) is 0. The summed E-state index contributed by atoms with van der Waals surface area (Å²) in [4.78, 5) is 4.43. The first-order chi connectivity index (χ1) is 6.77. The molecule has 14 heavy (non-hydrogen) atoms. The summed E-state index contributed by atoms with van der Waals surface area (Å²) in [7, 11) is 0. The van der Waals surface area contributed by atoms with Gasteiger partial charge in [-0.2, -0.15) is 0 Å². The Morgan fingerprint density at radius 3 is 2.50 bits per heavy atom. The van der Waals surface area contributed by atoms with Gasteiger partial charge in [-0.3, -0.25) is 4.99 Å². The summed E-state index contributed by atoms with van der Waals surface area (Å²) in [5.41, 5.74) is 4.61. The van der Waals surface area contributed by atoms with Crippen LogP contribution in [0.5, 0.6) is 0 Å². The molecule has 0 aromatic rings. The Hall–Kier alpha value is -0.850. The zero-order valence-electron chi connectivity index (χ0n) is 9.64. The number of rotatable bonds is 2. The maximum Gasteiger partial charge on any atom is 0.0602 e. The van der Waals surface area contributed by atoms with Gasteiger partial charge in [-0.1, -0.05) is 25.0 Å². The molecule has 0 aromatic heterocycles. The third-order valence-electron chi connectivity index (χ3n) is 2.92. The fourth-order valence-electron chi connectivity index (χ4n) is 1.85. The van der Waals surface area contributed by atoms with E-state index in [9.17, 15) is 0 Å². The van der Waals surface area contributed by atoms with Crippen LogP contribution in [0.15, 0.2) is 27.8 Å². The lowest BCUT2D eigenvalue weighted by molar-refractivity contribution is 0.830. The van der Waals surface area contributed by atoms with E-state index in [0.29, 0.717) is 0 Å². The highest BCUT2D eigenvalue weighted by atomic mass is 14.7. The van der Waals surface area contributed by atoms with E-state index in [2.05, 4.69) is 31.8 Å². The predicted octanol–water partition coefficient (Wildman–Crippen LogP) is 3.91. The lowest BCUT2D eigenvalue weighted by atomic mass is 9.97. The number of hydrogen-bond donors (Lipinski definition) is 0. The van der Waals surface area contributed by atoms with E-state index >= 15 is 0 Å². The molecular weight excluding hydrogens is 170 g/mol. The zero-order valence-corrected chi connectivity index (χ0v) is 9.64. The SMILES string of the molecule is CC/C1=C(\CC)CN=C/C=C(/C)CC1. The summed E-state index contributed by atoms with van der Waals surface area (Å²) in [5, 5.41) is 0. The Labute approximate surface area is 87.6 Å². The molecule has 0 bridgehead atoms. The second kappa shape index (κ2) is 5.79. The normalized spacial score (nSPS) is 27.5. The molecule has 0 amide bonds. The van der Waals surface area contributed by atoms with Crippen LogP contribution in [0.3, 0.4) is 0 Å². The molecule has 78 valence electrons. The fraction of sp³-hybridized carbons (Fsp3) is 0.615. The average Bonchev–Trinajstić information content (AvgIpc) is 2.28. The lowest BCUT2D eigenvalue weighted by Crippen LogP contribution is -1.95. The monoisotopic (exact) mass is 191 g/mol. The van der Waals surface area contributed by atoms with Crippen LogP contribution in [-0.2, 0) is 0 Å². The Bertz CT molecular complexity index is 269. The van der Waals surface area contributed by atoms with E-state index in [4.69, 9.17) is 0 Å². The number of allylic oxidation sites excluding steroid dienone is 3. The molecule has 0 radical (unpaired) electrons. The molecule has 1 rings (SSSR count). The minimum absolute atomic E-state index is 0.906. The Balaban J connectivity index is 2.84. The van der Waals surface area contributed by atoms with Crippen molar-refractivity contribution >= 4 is 6.21 Å². The van der Waals surface area contributed by atoms with Crippen LogP contribution in [0, 0.1) is 0 Å². The van der Waals surface area contributed by atoms with Crippen molar-refractivity contribution in [1.82, 2.24) is 0 Å². The van der Waals surface area contributed by atoms with Gasteiger partial charge in [0.1, 0.15) is 0 Å².